The Labute approximate surface area is 95.1 Å². The largest absolute Gasteiger partial charge is 0.314 e. The Morgan fingerprint density at radius 1 is 1.21 bits per heavy atom. The monoisotopic (exact) mass is 299 g/mol. The lowest BCUT2D eigenvalue weighted by molar-refractivity contribution is 0.895. The lowest BCUT2D eigenvalue weighted by Gasteiger charge is -2.14. The smallest absolute Gasteiger partial charge is 0.227 e. The molecule has 1 aromatic rings. The van der Waals surface area contributed by atoms with Crippen LogP contribution in [0.2, 0.25) is 0 Å². The summed E-state index contributed by atoms with van der Waals surface area (Å²) in [5.74, 6) is 0.411. The van der Waals surface area contributed by atoms with E-state index in [0.29, 0.717) is 5.95 Å². The van der Waals surface area contributed by atoms with Gasteiger partial charge in [-0.15, -0.1) is 0 Å². The molecule has 0 aromatic carbocycles. The number of nitriles is 2. The number of rotatable bonds is 3. The van der Waals surface area contributed by atoms with E-state index in [-0.39, 0.29) is 13.1 Å². The van der Waals surface area contributed by atoms with Crippen LogP contribution in [-0.2, 0) is 0 Å². The van der Waals surface area contributed by atoms with E-state index >= 15 is 0 Å². The molecule has 14 heavy (non-hydrogen) atoms. The maximum atomic E-state index is 8.52. The Kier molecular flexibility index (Phi) is 4.08. The molecule has 1 rings (SSSR count). The highest BCUT2D eigenvalue weighted by atomic mass is 127. The third-order valence-electron chi connectivity index (χ3n) is 1.41. The van der Waals surface area contributed by atoms with Gasteiger partial charge in [-0.1, -0.05) is 0 Å². The van der Waals surface area contributed by atoms with Crippen molar-refractivity contribution in [1.29, 1.82) is 10.5 Å². The van der Waals surface area contributed by atoms with Crippen LogP contribution in [0.15, 0.2) is 12.4 Å². The molecule has 0 N–H and O–H groups in total. The minimum atomic E-state index is 0.119. The molecule has 1 aromatic heterocycles. The van der Waals surface area contributed by atoms with Crippen molar-refractivity contribution in [2.45, 2.75) is 0 Å². The molecular weight excluding hydrogens is 293 g/mol. The standard InChI is InChI=1S/C8H6IN5/c9-7-5-12-8(13-6-7)14(3-1-10)4-2-11/h5-6H,3-4H2. The molecule has 0 unspecified atom stereocenters. The molecule has 5 nitrogen and oxygen atoms in total. The van der Waals surface area contributed by atoms with Gasteiger partial charge in [0.1, 0.15) is 13.1 Å². The van der Waals surface area contributed by atoms with Gasteiger partial charge in [-0.05, 0) is 22.6 Å². The normalized spacial score (nSPS) is 8.79. The van der Waals surface area contributed by atoms with Crippen molar-refractivity contribution >= 4 is 28.5 Å². The summed E-state index contributed by atoms with van der Waals surface area (Å²) in [4.78, 5) is 9.55. The van der Waals surface area contributed by atoms with Gasteiger partial charge in [-0.25, -0.2) is 9.97 Å². The molecule has 0 spiro atoms. The number of nitrogens with zero attached hydrogens (tertiary/aromatic N) is 5. The third-order valence-corrected chi connectivity index (χ3v) is 1.97. The van der Waals surface area contributed by atoms with Crippen LogP contribution in [-0.4, -0.2) is 23.1 Å². The first-order valence-corrected chi connectivity index (χ1v) is 4.82. The topological polar surface area (TPSA) is 76.6 Å². The Hall–Kier alpha value is -1.41. The van der Waals surface area contributed by atoms with Gasteiger partial charge < -0.3 is 4.90 Å². The second kappa shape index (κ2) is 5.35. The molecular formula is C8H6IN5. The zero-order valence-electron chi connectivity index (χ0n) is 7.18. The summed E-state index contributed by atoms with van der Waals surface area (Å²) >= 11 is 2.09. The molecule has 0 fully saturated rings. The predicted octanol–water partition coefficient (Wildman–Crippen LogP) is 0.935. The third kappa shape index (κ3) is 2.82. The summed E-state index contributed by atoms with van der Waals surface area (Å²) in [5.41, 5.74) is 0. The first kappa shape index (κ1) is 10.7. The molecule has 0 aliphatic carbocycles. The van der Waals surface area contributed by atoms with E-state index in [2.05, 4.69) is 32.6 Å². The molecule has 0 saturated carbocycles. The summed E-state index contributed by atoms with van der Waals surface area (Å²) in [7, 11) is 0. The van der Waals surface area contributed by atoms with Crippen molar-refractivity contribution in [3.05, 3.63) is 16.0 Å². The minimum absolute atomic E-state index is 0.119. The van der Waals surface area contributed by atoms with E-state index in [0.717, 1.165) is 3.57 Å². The minimum Gasteiger partial charge on any atom is -0.314 e. The molecule has 0 radical (unpaired) electrons. The van der Waals surface area contributed by atoms with Crippen molar-refractivity contribution < 1.29 is 0 Å². The van der Waals surface area contributed by atoms with E-state index < -0.39 is 0 Å². The molecule has 0 atom stereocenters. The quantitative estimate of drug-likeness (QED) is 0.613. The molecule has 0 bridgehead atoms. The maximum absolute atomic E-state index is 8.52. The van der Waals surface area contributed by atoms with Gasteiger partial charge in [0.15, 0.2) is 0 Å². The van der Waals surface area contributed by atoms with E-state index in [1.54, 1.807) is 12.4 Å². The maximum Gasteiger partial charge on any atom is 0.227 e. The number of hydrogen-bond donors (Lipinski definition) is 0. The van der Waals surface area contributed by atoms with Gasteiger partial charge in [-0.3, -0.25) is 0 Å². The van der Waals surface area contributed by atoms with Crippen LogP contribution < -0.4 is 4.90 Å². The number of hydrogen-bond acceptors (Lipinski definition) is 5. The van der Waals surface area contributed by atoms with Gasteiger partial charge in [0.2, 0.25) is 5.95 Å². The van der Waals surface area contributed by atoms with Crippen LogP contribution in [0, 0.1) is 26.2 Å². The molecule has 0 aliphatic rings. The Morgan fingerprint density at radius 2 is 1.71 bits per heavy atom. The van der Waals surface area contributed by atoms with E-state index in [1.807, 2.05) is 12.1 Å². The highest BCUT2D eigenvalue weighted by molar-refractivity contribution is 14.1. The SMILES string of the molecule is N#CCN(CC#N)c1ncc(I)cn1. The summed E-state index contributed by atoms with van der Waals surface area (Å²) in [6, 6.07) is 3.92. The fraction of sp³-hybridized carbons (Fsp3) is 0.250. The summed E-state index contributed by atoms with van der Waals surface area (Å²) in [5, 5.41) is 17.0. The van der Waals surface area contributed by atoms with Crippen molar-refractivity contribution in [3.8, 4) is 12.1 Å². The zero-order valence-corrected chi connectivity index (χ0v) is 9.34. The van der Waals surface area contributed by atoms with Crippen LogP contribution in [0.3, 0.4) is 0 Å². The van der Waals surface area contributed by atoms with Crippen molar-refractivity contribution in [2.24, 2.45) is 0 Å². The van der Waals surface area contributed by atoms with Crippen molar-refractivity contribution in [3.63, 3.8) is 0 Å². The molecule has 6 heteroatoms. The Morgan fingerprint density at radius 3 is 2.14 bits per heavy atom. The summed E-state index contributed by atoms with van der Waals surface area (Å²) < 4.78 is 0.917. The van der Waals surface area contributed by atoms with Crippen molar-refractivity contribution in [2.75, 3.05) is 18.0 Å². The van der Waals surface area contributed by atoms with E-state index in [9.17, 15) is 0 Å². The lowest BCUT2D eigenvalue weighted by Crippen LogP contribution is -2.25. The second-order valence-electron chi connectivity index (χ2n) is 2.37. The van der Waals surface area contributed by atoms with Gasteiger partial charge in [-0.2, -0.15) is 10.5 Å². The van der Waals surface area contributed by atoms with E-state index in [1.165, 1.54) is 4.90 Å². The molecule has 0 amide bonds. The predicted molar refractivity (Wildman–Crippen MR) is 58.2 cm³/mol. The fourth-order valence-electron chi connectivity index (χ4n) is 0.837. The summed E-state index contributed by atoms with van der Waals surface area (Å²) in [6.07, 6.45) is 3.29. The summed E-state index contributed by atoms with van der Waals surface area (Å²) in [6.45, 7) is 0.238. The fourth-order valence-corrected chi connectivity index (χ4v) is 1.12. The first-order valence-electron chi connectivity index (χ1n) is 3.74. The highest BCUT2D eigenvalue weighted by Crippen LogP contribution is 2.07. The number of anilines is 1. The van der Waals surface area contributed by atoms with Crippen molar-refractivity contribution in [1.82, 2.24) is 9.97 Å². The van der Waals surface area contributed by atoms with Crippen LogP contribution in [0.5, 0.6) is 0 Å². The number of halogens is 1. The Balaban J connectivity index is 2.84. The number of aromatic nitrogens is 2. The van der Waals surface area contributed by atoms with Gasteiger partial charge >= 0.3 is 0 Å². The van der Waals surface area contributed by atoms with Crippen LogP contribution in [0.25, 0.3) is 0 Å². The molecule has 0 aliphatic heterocycles. The van der Waals surface area contributed by atoms with Gasteiger partial charge in [0.05, 0.1) is 12.1 Å². The lowest BCUT2D eigenvalue weighted by atomic mass is 10.5. The Bertz CT molecular complexity index is 358. The van der Waals surface area contributed by atoms with Crippen LogP contribution in [0.1, 0.15) is 0 Å². The molecule has 70 valence electrons. The molecule has 0 saturated heterocycles. The average Bonchev–Trinajstić information content (AvgIpc) is 2.19. The van der Waals surface area contributed by atoms with Gasteiger partial charge in [0, 0.05) is 16.0 Å². The highest BCUT2D eigenvalue weighted by Gasteiger charge is 2.07. The zero-order chi connectivity index (χ0) is 10.4. The van der Waals surface area contributed by atoms with Crippen LogP contribution >= 0.6 is 22.6 Å². The average molecular weight is 299 g/mol. The molecule has 1 heterocycles. The van der Waals surface area contributed by atoms with E-state index in [4.69, 9.17) is 10.5 Å². The van der Waals surface area contributed by atoms with Crippen LogP contribution in [0.4, 0.5) is 5.95 Å². The van der Waals surface area contributed by atoms with Gasteiger partial charge in [0.25, 0.3) is 0 Å². The second-order valence-corrected chi connectivity index (χ2v) is 3.62. The first-order chi connectivity index (χ1) is 6.77.